The first-order chi connectivity index (χ1) is 13.9. The molecule has 0 saturated heterocycles. The summed E-state index contributed by atoms with van der Waals surface area (Å²) in [5, 5.41) is 3.10. The predicted molar refractivity (Wildman–Crippen MR) is 118 cm³/mol. The van der Waals surface area contributed by atoms with Crippen molar-refractivity contribution in [1.29, 1.82) is 0 Å². The van der Waals surface area contributed by atoms with Crippen LogP contribution in [0.15, 0.2) is 30.3 Å². The molecule has 2 bridgehead atoms. The average molecular weight is 399 g/mol. The molecule has 3 saturated carbocycles. The molecule has 0 unspecified atom stereocenters. The molecule has 3 fully saturated rings. The third-order valence-electron chi connectivity index (χ3n) is 8.67. The molecule has 0 spiro atoms. The Bertz CT molecular complexity index is 698. The van der Waals surface area contributed by atoms with Crippen molar-refractivity contribution < 1.29 is 9.53 Å². The number of fused-ring (bicyclic) bond motifs is 2. The Morgan fingerprint density at radius 1 is 1.10 bits per heavy atom. The Morgan fingerprint density at radius 2 is 1.83 bits per heavy atom. The molecule has 2 amide bonds. The summed E-state index contributed by atoms with van der Waals surface area (Å²) >= 11 is 0. The number of carbonyl (C=O) groups is 1. The fourth-order valence-electron chi connectivity index (χ4n) is 6.24. The number of para-hydroxylation sites is 1. The Labute approximate surface area is 176 Å². The Kier molecular flexibility index (Phi) is 5.92. The lowest BCUT2D eigenvalue weighted by molar-refractivity contribution is -0.0517. The second kappa shape index (κ2) is 8.29. The van der Waals surface area contributed by atoms with Crippen molar-refractivity contribution in [3.05, 3.63) is 30.3 Å². The van der Waals surface area contributed by atoms with Gasteiger partial charge >= 0.3 is 6.03 Å². The van der Waals surface area contributed by atoms with Gasteiger partial charge in [-0.05, 0) is 61.0 Å². The average Bonchev–Trinajstić information content (AvgIpc) is 3.06. The SMILES string of the molecule is CC1(C)[C@@H]2CC[C@@]1(C)[C@@H](OCCN(C(=O)Nc1ccccc1)C1CCCCC1)C2. The van der Waals surface area contributed by atoms with E-state index in [2.05, 4.69) is 26.1 Å². The van der Waals surface area contributed by atoms with Crippen LogP contribution in [0.25, 0.3) is 0 Å². The molecule has 160 valence electrons. The number of rotatable bonds is 6. The smallest absolute Gasteiger partial charge is 0.322 e. The van der Waals surface area contributed by atoms with Gasteiger partial charge in [-0.15, -0.1) is 0 Å². The van der Waals surface area contributed by atoms with Gasteiger partial charge in [0.25, 0.3) is 0 Å². The lowest BCUT2D eigenvalue weighted by Gasteiger charge is -2.39. The van der Waals surface area contributed by atoms with Crippen LogP contribution in [0.3, 0.4) is 0 Å². The third kappa shape index (κ3) is 3.93. The van der Waals surface area contributed by atoms with E-state index in [1.165, 1.54) is 38.5 Å². The van der Waals surface area contributed by atoms with Gasteiger partial charge in [-0.3, -0.25) is 0 Å². The summed E-state index contributed by atoms with van der Waals surface area (Å²) < 4.78 is 6.48. The van der Waals surface area contributed by atoms with Crippen LogP contribution < -0.4 is 5.32 Å². The van der Waals surface area contributed by atoms with Crippen molar-refractivity contribution in [2.45, 2.75) is 84.3 Å². The summed E-state index contributed by atoms with van der Waals surface area (Å²) in [6, 6.07) is 10.1. The van der Waals surface area contributed by atoms with E-state index in [-0.39, 0.29) is 11.4 Å². The van der Waals surface area contributed by atoms with Crippen LogP contribution in [0.5, 0.6) is 0 Å². The van der Waals surface area contributed by atoms with Crippen molar-refractivity contribution in [2.24, 2.45) is 16.7 Å². The molecule has 29 heavy (non-hydrogen) atoms. The Balaban J connectivity index is 1.37. The molecule has 0 aromatic heterocycles. The molecule has 0 radical (unpaired) electrons. The zero-order valence-electron chi connectivity index (χ0n) is 18.5. The predicted octanol–water partition coefficient (Wildman–Crippen LogP) is 6.08. The lowest BCUT2D eigenvalue weighted by atomic mass is 9.70. The molecule has 1 aromatic carbocycles. The van der Waals surface area contributed by atoms with E-state index >= 15 is 0 Å². The second-order valence-corrected chi connectivity index (χ2v) is 10.3. The summed E-state index contributed by atoms with van der Waals surface area (Å²) in [6.07, 6.45) is 10.1. The quantitative estimate of drug-likeness (QED) is 0.630. The zero-order valence-corrected chi connectivity index (χ0v) is 18.5. The molecule has 1 aromatic rings. The van der Waals surface area contributed by atoms with Crippen LogP contribution in [0.2, 0.25) is 0 Å². The van der Waals surface area contributed by atoms with Gasteiger partial charge in [0.05, 0.1) is 12.7 Å². The molecular weight excluding hydrogens is 360 g/mol. The highest BCUT2D eigenvalue weighted by atomic mass is 16.5. The number of ether oxygens (including phenoxy) is 1. The van der Waals surface area contributed by atoms with Gasteiger partial charge in [-0.25, -0.2) is 4.79 Å². The van der Waals surface area contributed by atoms with Crippen LogP contribution in [0.4, 0.5) is 10.5 Å². The number of carbonyl (C=O) groups excluding carboxylic acids is 1. The van der Waals surface area contributed by atoms with Crippen LogP contribution in [-0.4, -0.2) is 36.2 Å². The van der Waals surface area contributed by atoms with Crippen molar-refractivity contribution >= 4 is 11.7 Å². The topological polar surface area (TPSA) is 41.6 Å². The van der Waals surface area contributed by atoms with Crippen LogP contribution in [0.1, 0.15) is 72.1 Å². The fourth-order valence-corrected chi connectivity index (χ4v) is 6.24. The minimum atomic E-state index is 0.0196. The Morgan fingerprint density at radius 3 is 2.45 bits per heavy atom. The van der Waals surface area contributed by atoms with Gasteiger partial charge in [0.1, 0.15) is 0 Å². The van der Waals surface area contributed by atoms with Crippen LogP contribution >= 0.6 is 0 Å². The first-order valence-corrected chi connectivity index (χ1v) is 11.7. The molecule has 4 heteroatoms. The summed E-state index contributed by atoms with van der Waals surface area (Å²) in [5.74, 6) is 0.785. The van der Waals surface area contributed by atoms with E-state index in [0.29, 0.717) is 30.7 Å². The number of nitrogens with one attached hydrogen (secondary N) is 1. The maximum atomic E-state index is 13.1. The number of nitrogens with zero attached hydrogens (tertiary/aromatic N) is 1. The van der Waals surface area contributed by atoms with Gasteiger partial charge in [-0.2, -0.15) is 0 Å². The van der Waals surface area contributed by atoms with Crippen molar-refractivity contribution in [3.63, 3.8) is 0 Å². The van der Waals surface area contributed by atoms with E-state index in [1.807, 2.05) is 35.2 Å². The number of anilines is 1. The second-order valence-electron chi connectivity index (χ2n) is 10.3. The standard InChI is InChI=1S/C25H38N2O2/c1-24(2)19-14-15-25(24,3)22(18-19)29-17-16-27(21-12-8-5-9-13-21)23(28)26-20-10-6-4-7-11-20/h4,6-7,10-11,19,21-22H,5,8-9,12-18H2,1-3H3,(H,26,28)/t19-,22+,25+/m1/s1. The van der Waals surface area contributed by atoms with Crippen LogP contribution in [-0.2, 0) is 4.74 Å². The van der Waals surface area contributed by atoms with Crippen LogP contribution in [0, 0.1) is 16.7 Å². The van der Waals surface area contributed by atoms with Crippen molar-refractivity contribution in [1.82, 2.24) is 4.90 Å². The summed E-state index contributed by atoms with van der Waals surface area (Å²) in [6.45, 7) is 8.60. The molecule has 3 aliphatic rings. The fraction of sp³-hybridized carbons (Fsp3) is 0.720. The first-order valence-electron chi connectivity index (χ1n) is 11.7. The number of benzene rings is 1. The maximum absolute atomic E-state index is 13.1. The summed E-state index contributed by atoms with van der Waals surface area (Å²) in [4.78, 5) is 15.1. The zero-order chi connectivity index (χ0) is 20.5. The highest BCUT2D eigenvalue weighted by molar-refractivity contribution is 5.89. The summed E-state index contributed by atoms with van der Waals surface area (Å²) in [7, 11) is 0. The van der Waals surface area contributed by atoms with Gasteiger partial charge in [0.2, 0.25) is 0 Å². The van der Waals surface area contributed by atoms with Crippen molar-refractivity contribution in [3.8, 4) is 0 Å². The number of hydrogen-bond acceptors (Lipinski definition) is 2. The third-order valence-corrected chi connectivity index (χ3v) is 8.67. The largest absolute Gasteiger partial charge is 0.376 e. The molecule has 4 nitrogen and oxygen atoms in total. The van der Waals surface area contributed by atoms with E-state index < -0.39 is 0 Å². The summed E-state index contributed by atoms with van der Waals surface area (Å²) in [5.41, 5.74) is 1.51. The minimum Gasteiger partial charge on any atom is -0.376 e. The van der Waals surface area contributed by atoms with Gasteiger partial charge < -0.3 is 15.0 Å². The molecular formula is C25H38N2O2. The number of urea groups is 1. The number of hydrogen-bond donors (Lipinski definition) is 1. The first kappa shape index (κ1) is 20.7. The number of amides is 2. The molecule has 3 aliphatic carbocycles. The molecule has 3 atom stereocenters. The highest BCUT2D eigenvalue weighted by Gasteiger charge is 2.61. The molecule has 1 N–H and O–H groups in total. The lowest BCUT2D eigenvalue weighted by Crippen LogP contribution is -2.46. The minimum absolute atomic E-state index is 0.0196. The van der Waals surface area contributed by atoms with Gasteiger partial charge in [0.15, 0.2) is 0 Å². The van der Waals surface area contributed by atoms with E-state index in [9.17, 15) is 4.79 Å². The van der Waals surface area contributed by atoms with Crippen molar-refractivity contribution in [2.75, 3.05) is 18.5 Å². The van der Waals surface area contributed by atoms with Gasteiger partial charge in [-0.1, -0.05) is 58.2 Å². The molecule has 0 heterocycles. The van der Waals surface area contributed by atoms with E-state index in [4.69, 9.17) is 4.74 Å². The Hall–Kier alpha value is -1.55. The normalized spacial score (nSPS) is 31.0. The van der Waals surface area contributed by atoms with Gasteiger partial charge in [0, 0.05) is 18.3 Å². The maximum Gasteiger partial charge on any atom is 0.322 e. The van der Waals surface area contributed by atoms with E-state index in [1.54, 1.807) is 0 Å². The van der Waals surface area contributed by atoms with E-state index in [0.717, 1.165) is 24.4 Å². The molecule has 0 aliphatic heterocycles. The molecule has 4 rings (SSSR count). The monoisotopic (exact) mass is 398 g/mol. The highest BCUT2D eigenvalue weighted by Crippen LogP contribution is 2.66.